The Morgan fingerprint density at radius 3 is 2.63 bits per heavy atom. The Labute approximate surface area is 119 Å². The summed E-state index contributed by atoms with van der Waals surface area (Å²) in [6, 6.07) is 9.02. The third-order valence-electron chi connectivity index (χ3n) is 3.05. The van der Waals surface area contributed by atoms with E-state index in [1.54, 1.807) is 18.4 Å². The lowest BCUT2D eigenvalue weighted by atomic mass is 10.0. The van der Waals surface area contributed by atoms with Crippen molar-refractivity contribution in [3.63, 3.8) is 0 Å². The molecule has 0 unspecified atom stereocenters. The van der Waals surface area contributed by atoms with Crippen LogP contribution in [-0.2, 0) is 6.54 Å². The molecule has 0 saturated heterocycles. The van der Waals surface area contributed by atoms with E-state index in [0.29, 0.717) is 6.04 Å². The molecule has 0 saturated carbocycles. The molecule has 0 fully saturated rings. The Kier molecular flexibility index (Phi) is 4.61. The van der Waals surface area contributed by atoms with Gasteiger partial charge in [0, 0.05) is 17.5 Å². The van der Waals surface area contributed by atoms with Crippen molar-refractivity contribution in [3.05, 3.63) is 40.1 Å². The van der Waals surface area contributed by atoms with E-state index in [0.717, 1.165) is 12.3 Å². The van der Waals surface area contributed by atoms with Crippen molar-refractivity contribution in [2.45, 2.75) is 33.4 Å². The Balaban J connectivity index is 2.35. The van der Waals surface area contributed by atoms with E-state index >= 15 is 0 Å². The molecule has 0 aliphatic rings. The molecule has 0 aliphatic heterocycles. The second kappa shape index (κ2) is 6.22. The lowest BCUT2D eigenvalue weighted by Gasteiger charge is -2.13. The first-order chi connectivity index (χ1) is 9.10. The maximum atomic E-state index is 5.33. The summed E-state index contributed by atoms with van der Waals surface area (Å²) in [5.74, 6) is 0.913. The molecule has 102 valence electrons. The molecule has 0 amide bonds. The molecule has 0 aliphatic carbocycles. The molecule has 3 heteroatoms. The van der Waals surface area contributed by atoms with Gasteiger partial charge in [-0.3, -0.25) is 0 Å². The summed E-state index contributed by atoms with van der Waals surface area (Å²) in [4.78, 5) is 1.34. The van der Waals surface area contributed by atoms with Gasteiger partial charge in [-0.1, -0.05) is 19.9 Å². The lowest BCUT2D eigenvalue weighted by molar-refractivity contribution is 0.414. The van der Waals surface area contributed by atoms with Crippen LogP contribution in [0.4, 0.5) is 0 Å². The smallest absolute Gasteiger partial charge is 0.119 e. The van der Waals surface area contributed by atoms with E-state index in [2.05, 4.69) is 49.7 Å². The summed E-state index contributed by atoms with van der Waals surface area (Å²) in [5.41, 5.74) is 3.87. The highest BCUT2D eigenvalue weighted by atomic mass is 32.1. The third kappa shape index (κ3) is 3.58. The molecule has 2 nitrogen and oxygen atoms in total. The highest BCUT2D eigenvalue weighted by Crippen LogP contribution is 2.30. The summed E-state index contributed by atoms with van der Waals surface area (Å²) in [6.45, 7) is 7.33. The number of hydrogen-bond acceptors (Lipinski definition) is 3. The molecule has 1 aromatic carbocycles. The van der Waals surface area contributed by atoms with Gasteiger partial charge in [-0.05, 0) is 47.2 Å². The number of methoxy groups -OCH3 is 1. The van der Waals surface area contributed by atoms with Crippen molar-refractivity contribution in [3.8, 4) is 16.9 Å². The largest absolute Gasteiger partial charge is 0.497 e. The molecule has 2 rings (SSSR count). The second-order valence-corrected chi connectivity index (χ2v) is 6.12. The normalized spacial score (nSPS) is 11.0. The Bertz CT molecular complexity index is 545. The van der Waals surface area contributed by atoms with E-state index in [1.165, 1.54) is 21.6 Å². The summed E-state index contributed by atoms with van der Waals surface area (Å²) >= 11 is 1.79. The van der Waals surface area contributed by atoms with Crippen LogP contribution < -0.4 is 10.1 Å². The van der Waals surface area contributed by atoms with Crippen molar-refractivity contribution in [2.75, 3.05) is 7.11 Å². The molecule has 1 heterocycles. The molecule has 0 bridgehead atoms. The van der Waals surface area contributed by atoms with Gasteiger partial charge in [0.1, 0.15) is 5.75 Å². The number of aryl methyl sites for hydroxylation is 1. The van der Waals surface area contributed by atoms with Gasteiger partial charge in [-0.2, -0.15) is 0 Å². The molecule has 19 heavy (non-hydrogen) atoms. The van der Waals surface area contributed by atoms with Gasteiger partial charge in [-0.25, -0.2) is 0 Å². The second-order valence-electron chi connectivity index (χ2n) is 5.00. The van der Waals surface area contributed by atoms with Crippen LogP contribution >= 0.6 is 11.3 Å². The minimum absolute atomic E-state index is 0.475. The van der Waals surface area contributed by atoms with Crippen LogP contribution in [0.15, 0.2) is 29.6 Å². The molecule has 0 atom stereocenters. The van der Waals surface area contributed by atoms with Crippen molar-refractivity contribution >= 4 is 11.3 Å². The van der Waals surface area contributed by atoms with Crippen LogP contribution in [0, 0.1) is 6.92 Å². The Morgan fingerprint density at radius 1 is 1.26 bits per heavy atom. The van der Waals surface area contributed by atoms with Gasteiger partial charge in [-0.15, -0.1) is 11.3 Å². The van der Waals surface area contributed by atoms with Crippen molar-refractivity contribution in [1.82, 2.24) is 5.32 Å². The van der Waals surface area contributed by atoms with E-state index < -0.39 is 0 Å². The van der Waals surface area contributed by atoms with Gasteiger partial charge in [0.25, 0.3) is 0 Å². The number of benzene rings is 1. The van der Waals surface area contributed by atoms with Crippen LogP contribution in [0.3, 0.4) is 0 Å². The van der Waals surface area contributed by atoms with E-state index in [9.17, 15) is 0 Å². The highest BCUT2D eigenvalue weighted by molar-refractivity contribution is 7.10. The van der Waals surface area contributed by atoms with Crippen LogP contribution in [0.1, 0.15) is 24.3 Å². The quantitative estimate of drug-likeness (QED) is 0.881. The molecule has 0 spiro atoms. The molecule has 2 aromatic rings. The average Bonchev–Trinajstić information content (AvgIpc) is 2.82. The highest BCUT2D eigenvalue weighted by Gasteiger charge is 2.08. The summed E-state index contributed by atoms with van der Waals surface area (Å²) in [7, 11) is 1.71. The van der Waals surface area contributed by atoms with Crippen LogP contribution in [-0.4, -0.2) is 13.2 Å². The average molecular weight is 275 g/mol. The number of hydrogen-bond donors (Lipinski definition) is 1. The zero-order valence-electron chi connectivity index (χ0n) is 12.0. The van der Waals surface area contributed by atoms with Crippen molar-refractivity contribution in [1.29, 1.82) is 0 Å². The standard InChI is InChI=1S/C16H21NOS/c1-11(2)17-9-13-8-15(18-4)5-6-16(13)14-7-12(3)19-10-14/h5-8,10-11,17H,9H2,1-4H3. The minimum atomic E-state index is 0.475. The zero-order valence-corrected chi connectivity index (χ0v) is 12.8. The van der Waals surface area contributed by atoms with E-state index in [1.807, 2.05) is 6.07 Å². The summed E-state index contributed by atoms with van der Waals surface area (Å²) < 4.78 is 5.33. The minimum Gasteiger partial charge on any atom is -0.497 e. The van der Waals surface area contributed by atoms with Crippen LogP contribution in [0.25, 0.3) is 11.1 Å². The van der Waals surface area contributed by atoms with Crippen molar-refractivity contribution in [2.24, 2.45) is 0 Å². The summed E-state index contributed by atoms with van der Waals surface area (Å²) in [6.07, 6.45) is 0. The van der Waals surface area contributed by atoms with E-state index in [-0.39, 0.29) is 0 Å². The van der Waals surface area contributed by atoms with Crippen LogP contribution in [0.2, 0.25) is 0 Å². The fraction of sp³-hybridized carbons (Fsp3) is 0.375. The Hall–Kier alpha value is -1.32. The summed E-state index contributed by atoms with van der Waals surface area (Å²) in [5, 5.41) is 5.70. The molecule has 1 N–H and O–H groups in total. The van der Waals surface area contributed by atoms with Gasteiger partial charge < -0.3 is 10.1 Å². The molecule has 0 radical (unpaired) electrons. The predicted molar refractivity (Wildman–Crippen MR) is 83.0 cm³/mol. The monoisotopic (exact) mass is 275 g/mol. The number of rotatable bonds is 5. The fourth-order valence-corrected chi connectivity index (χ4v) is 2.73. The first-order valence-corrected chi connectivity index (χ1v) is 7.44. The molecular weight excluding hydrogens is 254 g/mol. The fourth-order valence-electron chi connectivity index (χ4n) is 2.02. The van der Waals surface area contributed by atoms with Gasteiger partial charge in [0.05, 0.1) is 7.11 Å². The first-order valence-electron chi connectivity index (χ1n) is 6.56. The number of ether oxygens (including phenoxy) is 1. The third-order valence-corrected chi connectivity index (χ3v) is 3.92. The topological polar surface area (TPSA) is 21.3 Å². The number of thiophene rings is 1. The lowest BCUT2D eigenvalue weighted by Crippen LogP contribution is -2.22. The molecule has 1 aromatic heterocycles. The SMILES string of the molecule is COc1ccc(-c2csc(C)c2)c(CNC(C)C)c1. The van der Waals surface area contributed by atoms with Gasteiger partial charge in [0.15, 0.2) is 0 Å². The maximum Gasteiger partial charge on any atom is 0.119 e. The van der Waals surface area contributed by atoms with Gasteiger partial charge >= 0.3 is 0 Å². The first kappa shape index (κ1) is 14.1. The van der Waals surface area contributed by atoms with Crippen LogP contribution in [0.5, 0.6) is 5.75 Å². The maximum absolute atomic E-state index is 5.33. The molecular formula is C16H21NOS. The zero-order chi connectivity index (χ0) is 13.8. The van der Waals surface area contributed by atoms with Crippen molar-refractivity contribution < 1.29 is 4.74 Å². The number of nitrogens with one attached hydrogen (secondary N) is 1. The van der Waals surface area contributed by atoms with E-state index in [4.69, 9.17) is 4.74 Å². The Morgan fingerprint density at radius 2 is 2.05 bits per heavy atom. The van der Waals surface area contributed by atoms with Gasteiger partial charge in [0.2, 0.25) is 0 Å². The predicted octanol–water partition coefficient (Wildman–Crippen LogP) is 4.23.